The van der Waals surface area contributed by atoms with Crippen molar-refractivity contribution in [3.8, 4) is 5.75 Å². The smallest absolute Gasteiger partial charge is 0.121 e. The quantitative estimate of drug-likeness (QED) is 0.658. The summed E-state index contributed by atoms with van der Waals surface area (Å²) in [7, 11) is 1.56. The molecule has 4 nitrogen and oxygen atoms in total. The number of nitrogens with two attached hydrogens (primary N) is 1. The minimum absolute atomic E-state index is 0.122. The van der Waals surface area contributed by atoms with E-state index < -0.39 is 6.10 Å². The monoisotopic (exact) mass is 197 g/mol. The van der Waals surface area contributed by atoms with Gasteiger partial charge in [-0.1, -0.05) is 12.1 Å². The number of hydrogen-bond donors (Lipinski definition) is 3. The van der Waals surface area contributed by atoms with Gasteiger partial charge < -0.3 is 20.7 Å². The second-order valence-corrected chi connectivity index (χ2v) is 3.07. The topological polar surface area (TPSA) is 75.7 Å². The second kappa shape index (κ2) is 4.95. The molecule has 4 heteroatoms. The Morgan fingerprint density at radius 2 is 2.21 bits per heavy atom. The molecule has 14 heavy (non-hydrogen) atoms. The molecule has 0 radical (unpaired) electrons. The number of methoxy groups -OCH3 is 1. The van der Waals surface area contributed by atoms with Crippen LogP contribution in [0.4, 0.5) is 0 Å². The van der Waals surface area contributed by atoms with Crippen LogP contribution in [0, 0.1) is 0 Å². The molecule has 0 fully saturated rings. The van der Waals surface area contributed by atoms with E-state index in [1.807, 2.05) is 0 Å². The van der Waals surface area contributed by atoms with Crippen molar-refractivity contribution in [3.63, 3.8) is 0 Å². The molecule has 0 spiro atoms. The van der Waals surface area contributed by atoms with Gasteiger partial charge in [0.25, 0.3) is 0 Å². The summed E-state index contributed by atoms with van der Waals surface area (Å²) in [5.41, 5.74) is 6.61. The molecule has 1 unspecified atom stereocenters. The molecule has 78 valence electrons. The normalized spacial score (nSPS) is 12.8. The number of ether oxygens (including phenoxy) is 1. The highest BCUT2D eigenvalue weighted by molar-refractivity contribution is 5.36. The summed E-state index contributed by atoms with van der Waals surface area (Å²) in [6, 6.07) is 4.95. The van der Waals surface area contributed by atoms with Crippen molar-refractivity contribution in [2.75, 3.05) is 13.7 Å². The number of phenols is 1. The minimum Gasteiger partial charge on any atom is -0.508 e. The van der Waals surface area contributed by atoms with Crippen molar-refractivity contribution >= 4 is 0 Å². The first-order chi connectivity index (χ1) is 6.69. The fraction of sp³-hybridized carbons (Fsp3) is 0.400. The largest absolute Gasteiger partial charge is 0.508 e. The van der Waals surface area contributed by atoms with E-state index in [1.54, 1.807) is 19.2 Å². The Labute approximate surface area is 82.9 Å². The lowest BCUT2D eigenvalue weighted by Crippen LogP contribution is -2.11. The Morgan fingerprint density at radius 1 is 1.50 bits per heavy atom. The van der Waals surface area contributed by atoms with Crippen molar-refractivity contribution in [3.05, 3.63) is 29.3 Å². The van der Waals surface area contributed by atoms with E-state index in [0.717, 1.165) is 0 Å². The number of rotatable bonds is 4. The van der Waals surface area contributed by atoms with Crippen LogP contribution in [0.2, 0.25) is 0 Å². The van der Waals surface area contributed by atoms with Gasteiger partial charge in [0.15, 0.2) is 0 Å². The maximum atomic E-state index is 9.53. The Balaban J connectivity index is 2.88. The summed E-state index contributed by atoms with van der Waals surface area (Å²) < 4.78 is 4.89. The van der Waals surface area contributed by atoms with E-state index in [9.17, 15) is 10.2 Å². The van der Waals surface area contributed by atoms with Crippen LogP contribution in [-0.4, -0.2) is 23.9 Å². The Morgan fingerprint density at radius 3 is 2.71 bits per heavy atom. The van der Waals surface area contributed by atoms with Gasteiger partial charge in [-0.3, -0.25) is 0 Å². The van der Waals surface area contributed by atoms with Crippen LogP contribution in [0.3, 0.4) is 0 Å². The van der Waals surface area contributed by atoms with Gasteiger partial charge in [-0.15, -0.1) is 0 Å². The average Bonchev–Trinajstić information content (AvgIpc) is 2.20. The zero-order chi connectivity index (χ0) is 10.6. The Bertz CT molecular complexity index is 301. The van der Waals surface area contributed by atoms with Crippen LogP contribution in [0.1, 0.15) is 17.2 Å². The predicted molar refractivity (Wildman–Crippen MR) is 52.8 cm³/mol. The molecule has 1 aromatic carbocycles. The van der Waals surface area contributed by atoms with Crippen LogP contribution in [0.15, 0.2) is 18.2 Å². The average molecular weight is 197 g/mol. The molecule has 1 aromatic rings. The molecular formula is C10H15NO3. The summed E-state index contributed by atoms with van der Waals surface area (Å²) >= 11 is 0. The van der Waals surface area contributed by atoms with Crippen molar-refractivity contribution in [1.29, 1.82) is 0 Å². The fourth-order valence-corrected chi connectivity index (χ4v) is 1.20. The molecule has 0 aromatic heterocycles. The lowest BCUT2D eigenvalue weighted by Gasteiger charge is -2.10. The molecule has 0 amide bonds. The van der Waals surface area contributed by atoms with Crippen LogP contribution >= 0.6 is 0 Å². The highest BCUT2D eigenvalue weighted by Crippen LogP contribution is 2.22. The number of aliphatic hydroxyl groups excluding tert-OH is 1. The van der Waals surface area contributed by atoms with Gasteiger partial charge in [0.2, 0.25) is 0 Å². The van der Waals surface area contributed by atoms with Gasteiger partial charge in [0.1, 0.15) is 5.75 Å². The third-order valence-electron chi connectivity index (χ3n) is 2.02. The van der Waals surface area contributed by atoms with Gasteiger partial charge in [-0.05, 0) is 11.6 Å². The van der Waals surface area contributed by atoms with Gasteiger partial charge >= 0.3 is 0 Å². The highest BCUT2D eigenvalue weighted by Gasteiger charge is 2.08. The van der Waals surface area contributed by atoms with E-state index in [1.165, 1.54) is 6.07 Å². The third kappa shape index (κ3) is 2.45. The molecule has 0 aliphatic rings. The Kier molecular flexibility index (Phi) is 3.88. The maximum absolute atomic E-state index is 9.53. The van der Waals surface area contributed by atoms with Crippen molar-refractivity contribution in [2.45, 2.75) is 12.7 Å². The van der Waals surface area contributed by atoms with Crippen molar-refractivity contribution in [1.82, 2.24) is 0 Å². The first-order valence-electron chi connectivity index (χ1n) is 4.38. The maximum Gasteiger partial charge on any atom is 0.121 e. The molecular weight excluding hydrogens is 182 g/mol. The van der Waals surface area contributed by atoms with Crippen molar-refractivity contribution in [2.24, 2.45) is 5.73 Å². The zero-order valence-corrected chi connectivity index (χ0v) is 8.10. The van der Waals surface area contributed by atoms with Gasteiger partial charge in [-0.2, -0.15) is 0 Å². The number of phenolic OH excluding ortho intramolecular Hbond substituents is 1. The van der Waals surface area contributed by atoms with Crippen LogP contribution in [0.25, 0.3) is 0 Å². The first-order valence-corrected chi connectivity index (χ1v) is 4.38. The molecule has 1 atom stereocenters. The van der Waals surface area contributed by atoms with E-state index in [2.05, 4.69) is 0 Å². The summed E-state index contributed by atoms with van der Waals surface area (Å²) in [5, 5.41) is 18.9. The summed E-state index contributed by atoms with van der Waals surface area (Å²) in [5.74, 6) is 0.122. The number of aliphatic hydroxyl groups is 1. The molecule has 1 rings (SSSR count). The molecule has 0 aliphatic carbocycles. The Hall–Kier alpha value is -1.10. The van der Waals surface area contributed by atoms with E-state index in [0.29, 0.717) is 17.7 Å². The van der Waals surface area contributed by atoms with Crippen LogP contribution < -0.4 is 5.73 Å². The summed E-state index contributed by atoms with van der Waals surface area (Å²) in [4.78, 5) is 0. The van der Waals surface area contributed by atoms with E-state index >= 15 is 0 Å². The van der Waals surface area contributed by atoms with E-state index in [-0.39, 0.29) is 12.3 Å². The van der Waals surface area contributed by atoms with E-state index in [4.69, 9.17) is 10.5 Å². The summed E-state index contributed by atoms with van der Waals surface area (Å²) in [6.07, 6.45) is -0.725. The first kappa shape index (κ1) is 11.0. The van der Waals surface area contributed by atoms with Crippen LogP contribution in [0.5, 0.6) is 5.75 Å². The number of benzene rings is 1. The number of aromatic hydroxyl groups is 1. The fourth-order valence-electron chi connectivity index (χ4n) is 1.20. The standard InChI is InChI=1S/C10H15NO3/c1-14-6-8-3-2-7(4-9(8)12)10(13)5-11/h2-4,10,12-13H,5-6,11H2,1H3. The second-order valence-electron chi connectivity index (χ2n) is 3.07. The van der Waals surface area contributed by atoms with Gasteiger partial charge in [0.05, 0.1) is 12.7 Å². The lowest BCUT2D eigenvalue weighted by atomic mass is 10.1. The van der Waals surface area contributed by atoms with Gasteiger partial charge in [0, 0.05) is 19.2 Å². The molecule has 0 saturated heterocycles. The zero-order valence-electron chi connectivity index (χ0n) is 8.10. The van der Waals surface area contributed by atoms with Crippen molar-refractivity contribution < 1.29 is 14.9 Å². The van der Waals surface area contributed by atoms with Gasteiger partial charge in [-0.25, -0.2) is 0 Å². The SMILES string of the molecule is COCc1ccc(C(O)CN)cc1O. The molecule has 4 N–H and O–H groups in total. The lowest BCUT2D eigenvalue weighted by molar-refractivity contribution is 0.179. The minimum atomic E-state index is -0.725. The number of hydrogen-bond acceptors (Lipinski definition) is 4. The van der Waals surface area contributed by atoms with Crippen LogP contribution in [-0.2, 0) is 11.3 Å². The summed E-state index contributed by atoms with van der Waals surface area (Å²) in [6.45, 7) is 0.494. The molecule has 0 aliphatic heterocycles. The molecule has 0 heterocycles. The molecule has 0 bridgehead atoms. The predicted octanol–water partition coefficient (Wildman–Crippen LogP) is 0.531. The molecule has 0 saturated carbocycles. The highest BCUT2D eigenvalue weighted by atomic mass is 16.5. The third-order valence-corrected chi connectivity index (χ3v) is 2.02.